The van der Waals surface area contributed by atoms with Gasteiger partial charge in [0.15, 0.2) is 5.65 Å². The van der Waals surface area contributed by atoms with E-state index >= 15 is 0 Å². The maximum absolute atomic E-state index is 9.92. The summed E-state index contributed by atoms with van der Waals surface area (Å²) in [6.45, 7) is 11.6. The van der Waals surface area contributed by atoms with Crippen molar-refractivity contribution < 1.29 is 5.11 Å². The number of nitrogens with zero attached hydrogens (tertiary/aromatic N) is 5. The number of hydrogen-bond acceptors (Lipinski definition) is 5. The zero-order valence-electron chi connectivity index (χ0n) is 18.8. The first-order valence-electron chi connectivity index (χ1n) is 10.6. The Balaban J connectivity index is 1.98. The van der Waals surface area contributed by atoms with Crippen molar-refractivity contribution in [1.82, 2.24) is 14.5 Å². The quantitative estimate of drug-likeness (QED) is 0.579. The zero-order chi connectivity index (χ0) is 22.5. The molecule has 3 aromatic rings. The van der Waals surface area contributed by atoms with E-state index in [1.807, 2.05) is 6.92 Å². The molecule has 7 heteroatoms. The highest BCUT2D eigenvalue weighted by molar-refractivity contribution is 9.10. The normalized spacial score (nSPS) is 19.1. The molecule has 0 bridgehead atoms. The lowest BCUT2D eigenvalue weighted by Gasteiger charge is -2.38. The van der Waals surface area contributed by atoms with E-state index in [-0.39, 0.29) is 6.61 Å². The molecule has 4 rings (SSSR count). The van der Waals surface area contributed by atoms with Crippen LogP contribution in [0.4, 0.5) is 5.82 Å². The molecule has 1 aliphatic rings. The van der Waals surface area contributed by atoms with Crippen molar-refractivity contribution in [2.24, 2.45) is 5.41 Å². The molecule has 0 spiro atoms. The van der Waals surface area contributed by atoms with Gasteiger partial charge in [-0.2, -0.15) is 5.26 Å². The SMILES string of the molecule is Cc1nc(N2CCCC(C#N)(CO)C2)c2c(C)c(C)n(-c3c(C)cc(Br)cc3C)c2n1. The lowest BCUT2D eigenvalue weighted by molar-refractivity contribution is 0.155. The van der Waals surface area contributed by atoms with Gasteiger partial charge in [0.25, 0.3) is 0 Å². The Labute approximate surface area is 191 Å². The fraction of sp³-hybridized carbons (Fsp3) is 0.458. The highest BCUT2D eigenvalue weighted by Crippen LogP contribution is 2.39. The van der Waals surface area contributed by atoms with Crippen LogP contribution in [0.3, 0.4) is 0 Å². The summed E-state index contributed by atoms with van der Waals surface area (Å²) in [4.78, 5) is 11.9. The van der Waals surface area contributed by atoms with Crippen LogP contribution in [-0.4, -0.2) is 39.3 Å². The lowest BCUT2D eigenvalue weighted by Crippen LogP contribution is -2.45. The molecule has 0 amide bonds. The number of fused-ring (bicyclic) bond motifs is 1. The van der Waals surface area contributed by atoms with Gasteiger partial charge in [-0.1, -0.05) is 15.9 Å². The molecule has 1 N–H and O–H groups in total. The molecule has 1 fully saturated rings. The minimum Gasteiger partial charge on any atom is -0.395 e. The fourth-order valence-corrected chi connectivity index (χ4v) is 5.56. The van der Waals surface area contributed by atoms with E-state index in [1.54, 1.807) is 0 Å². The molecular formula is C24H28BrN5O. The first-order valence-corrected chi connectivity index (χ1v) is 11.4. The number of rotatable bonds is 3. The summed E-state index contributed by atoms with van der Waals surface area (Å²) in [6.07, 6.45) is 1.56. The number of halogens is 1. The smallest absolute Gasteiger partial charge is 0.150 e. The molecule has 162 valence electrons. The van der Waals surface area contributed by atoms with Crippen LogP contribution in [-0.2, 0) is 0 Å². The molecule has 1 saturated heterocycles. The summed E-state index contributed by atoms with van der Waals surface area (Å²) in [5.74, 6) is 1.56. The Morgan fingerprint density at radius 1 is 1.16 bits per heavy atom. The molecule has 0 saturated carbocycles. The van der Waals surface area contributed by atoms with Crippen LogP contribution in [0.2, 0.25) is 0 Å². The summed E-state index contributed by atoms with van der Waals surface area (Å²) in [5.41, 5.74) is 5.91. The summed E-state index contributed by atoms with van der Waals surface area (Å²) in [5, 5.41) is 20.7. The van der Waals surface area contributed by atoms with Gasteiger partial charge in [-0.15, -0.1) is 0 Å². The maximum Gasteiger partial charge on any atom is 0.150 e. The Hall–Kier alpha value is -2.43. The predicted octanol–water partition coefficient (Wildman–Crippen LogP) is 4.83. The van der Waals surface area contributed by atoms with Crippen molar-refractivity contribution in [3.63, 3.8) is 0 Å². The standard InChI is InChI=1S/C24H28BrN5O/c1-14-9-19(25)10-15(2)21(14)30-17(4)16(3)20-22(27-18(5)28-23(20)30)29-8-6-7-24(11-26,12-29)13-31/h9-10,31H,6-8,12-13H2,1-5H3. The van der Waals surface area contributed by atoms with E-state index in [4.69, 9.17) is 9.97 Å². The van der Waals surface area contributed by atoms with E-state index in [0.29, 0.717) is 18.8 Å². The van der Waals surface area contributed by atoms with Crippen LogP contribution in [0.5, 0.6) is 0 Å². The molecule has 6 nitrogen and oxygen atoms in total. The minimum absolute atomic E-state index is 0.135. The van der Waals surface area contributed by atoms with Crippen LogP contribution in [0.25, 0.3) is 16.7 Å². The molecular weight excluding hydrogens is 454 g/mol. The number of aryl methyl sites for hydroxylation is 4. The number of piperidine rings is 1. The van der Waals surface area contributed by atoms with Crippen LogP contribution in [0, 0.1) is 51.4 Å². The molecule has 1 aromatic carbocycles. The van der Waals surface area contributed by atoms with Crippen molar-refractivity contribution in [2.45, 2.75) is 47.5 Å². The summed E-state index contributed by atoms with van der Waals surface area (Å²) in [6, 6.07) is 6.62. The minimum atomic E-state index is -0.742. The average molecular weight is 482 g/mol. The van der Waals surface area contributed by atoms with E-state index in [9.17, 15) is 10.4 Å². The third-order valence-corrected chi connectivity index (χ3v) is 7.00. The lowest BCUT2D eigenvalue weighted by atomic mass is 9.82. The molecule has 0 radical (unpaired) electrons. The van der Waals surface area contributed by atoms with Gasteiger partial charge in [0.1, 0.15) is 11.6 Å². The van der Waals surface area contributed by atoms with Gasteiger partial charge in [-0.3, -0.25) is 4.57 Å². The number of hydrogen-bond donors (Lipinski definition) is 1. The molecule has 1 unspecified atom stereocenters. The van der Waals surface area contributed by atoms with Gasteiger partial charge in [0.05, 0.1) is 29.2 Å². The van der Waals surface area contributed by atoms with Crippen molar-refractivity contribution in [3.05, 3.63) is 44.8 Å². The topological polar surface area (TPSA) is 78.0 Å². The first-order chi connectivity index (χ1) is 14.7. The summed E-state index contributed by atoms with van der Waals surface area (Å²) < 4.78 is 3.31. The number of nitriles is 1. The van der Waals surface area contributed by atoms with Crippen LogP contribution in [0.15, 0.2) is 16.6 Å². The Morgan fingerprint density at radius 2 is 1.84 bits per heavy atom. The van der Waals surface area contributed by atoms with Gasteiger partial charge in [-0.25, -0.2) is 9.97 Å². The Bertz CT molecular complexity index is 1200. The second-order valence-corrected chi connectivity index (χ2v) is 9.72. The largest absolute Gasteiger partial charge is 0.395 e. The van der Waals surface area contributed by atoms with E-state index in [1.165, 1.54) is 11.1 Å². The van der Waals surface area contributed by atoms with Gasteiger partial charge < -0.3 is 10.0 Å². The molecule has 3 heterocycles. The Morgan fingerprint density at radius 3 is 2.45 bits per heavy atom. The second-order valence-electron chi connectivity index (χ2n) is 8.80. The maximum atomic E-state index is 9.92. The average Bonchev–Trinajstić information content (AvgIpc) is 2.97. The Kier molecular flexibility index (Phi) is 5.57. The third kappa shape index (κ3) is 3.52. The predicted molar refractivity (Wildman–Crippen MR) is 127 cm³/mol. The van der Waals surface area contributed by atoms with Gasteiger partial charge in [0, 0.05) is 23.3 Å². The van der Waals surface area contributed by atoms with E-state index in [2.05, 4.69) is 71.3 Å². The van der Waals surface area contributed by atoms with E-state index in [0.717, 1.165) is 51.2 Å². The molecule has 31 heavy (non-hydrogen) atoms. The fourth-order valence-electron chi connectivity index (χ4n) is 4.87. The highest BCUT2D eigenvalue weighted by atomic mass is 79.9. The highest BCUT2D eigenvalue weighted by Gasteiger charge is 2.37. The summed E-state index contributed by atoms with van der Waals surface area (Å²) >= 11 is 3.60. The van der Waals surface area contributed by atoms with Crippen molar-refractivity contribution >= 4 is 32.8 Å². The summed E-state index contributed by atoms with van der Waals surface area (Å²) in [7, 11) is 0. The van der Waals surface area contributed by atoms with E-state index < -0.39 is 5.41 Å². The molecule has 1 aliphatic heterocycles. The van der Waals surface area contributed by atoms with Crippen molar-refractivity contribution in [3.8, 4) is 11.8 Å². The number of aliphatic hydroxyl groups is 1. The third-order valence-electron chi connectivity index (χ3n) is 6.54. The monoisotopic (exact) mass is 481 g/mol. The first kappa shape index (κ1) is 21.8. The van der Waals surface area contributed by atoms with Crippen molar-refractivity contribution in [1.29, 1.82) is 5.26 Å². The van der Waals surface area contributed by atoms with Gasteiger partial charge in [-0.05, 0) is 76.3 Å². The van der Waals surface area contributed by atoms with Crippen molar-refractivity contribution in [2.75, 3.05) is 24.6 Å². The number of aliphatic hydroxyl groups excluding tert-OH is 1. The van der Waals surface area contributed by atoms with Gasteiger partial charge >= 0.3 is 0 Å². The molecule has 2 aromatic heterocycles. The number of benzene rings is 1. The van der Waals surface area contributed by atoms with Gasteiger partial charge in [0.2, 0.25) is 0 Å². The number of anilines is 1. The van der Waals surface area contributed by atoms with Crippen LogP contribution in [0.1, 0.15) is 41.1 Å². The second kappa shape index (κ2) is 7.92. The number of aromatic nitrogens is 3. The van der Waals surface area contributed by atoms with Crippen LogP contribution < -0.4 is 4.90 Å². The zero-order valence-corrected chi connectivity index (χ0v) is 20.3. The molecule has 0 aliphatic carbocycles. The molecule has 1 atom stereocenters. The van der Waals surface area contributed by atoms with Crippen LogP contribution >= 0.6 is 15.9 Å².